The Morgan fingerprint density at radius 3 is 2.23 bits per heavy atom. The van der Waals surface area contributed by atoms with Crippen molar-refractivity contribution in [3.05, 3.63) is 29.3 Å². The number of nitrogens with zero attached hydrogens (tertiary/aromatic N) is 3. The summed E-state index contributed by atoms with van der Waals surface area (Å²) in [6, 6.07) is 7.01. The molecule has 35 heavy (non-hydrogen) atoms. The second-order valence-corrected chi connectivity index (χ2v) is 13.6. The van der Waals surface area contributed by atoms with E-state index in [0.717, 1.165) is 58.3 Å². The maximum Gasteiger partial charge on any atom is 0.243 e. The number of carbonyl (C=O) groups is 1. The van der Waals surface area contributed by atoms with E-state index in [0.29, 0.717) is 22.4 Å². The van der Waals surface area contributed by atoms with E-state index in [4.69, 9.17) is 11.6 Å². The number of hydrogen-bond donors (Lipinski definition) is 0. The number of rotatable bonds is 6. The first kappa shape index (κ1) is 25.5. The second kappa shape index (κ2) is 10.3. The highest BCUT2D eigenvalue weighted by Gasteiger charge is 2.56. The molecule has 8 heteroatoms. The van der Waals surface area contributed by atoms with Gasteiger partial charge in [-0.3, -0.25) is 9.69 Å². The van der Waals surface area contributed by atoms with Crippen molar-refractivity contribution < 1.29 is 13.2 Å². The van der Waals surface area contributed by atoms with Crippen LogP contribution < -0.4 is 0 Å². The standard InChI is InChI=1S/C27H40ClN3O3S/c1-21-6-5-9-25(31(21)35(33,34)24-12-10-22(28)11-13-24)27(14-15-27)20-26(32)30-18-16-29(17-19-30)23-7-3-2-4-8-23/h10-13,21,23,25H,2-9,14-20H2,1H3/t21-,25-/m1/s1. The van der Waals surface area contributed by atoms with Crippen molar-refractivity contribution in [3.63, 3.8) is 0 Å². The number of piperidine rings is 1. The zero-order chi connectivity index (χ0) is 24.6. The number of hydrogen-bond acceptors (Lipinski definition) is 4. The van der Waals surface area contributed by atoms with E-state index in [1.54, 1.807) is 28.6 Å². The molecule has 4 aliphatic rings. The number of sulfonamides is 1. The van der Waals surface area contributed by atoms with Crippen LogP contribution in [0.1, 0.15) is 77.6 Å². The van der Waals surface area contributed by atoms with Crippen LogP contribution in [0.15, 0.2) is 29.2 Å². The van der Waals surface area contributed by atoms with Crippen molar-refractivity contribution >= 4 is 27.5 Å². The molecule has 2 aliphatic heterocycles. The molecule has 0 bridgehead atoms. The Morgan fingerprint density at radius 2 is 1.60 bits per heavy atom. The molecule has 4 fully saturated rings. The van der Waals surface area contributed by atoms with Gasteiger partial charge in [-0.05, 0) is 75.1 Å². The summed E-state index contributed by atoms with van der Waals surface area (Å²) in [5, 5.41) is 0.528. The minimum Gasteiger partial charge on any atom is -0.340 e. The first-order valence-corrected chi connectivity index (χ1v) is 15.4. The van der Waals surface area contributed by atoms with Gasteiger partial charge >= 0.3 is 0 Å². The number of amides is 1. The van der Waals surface area contributed by atoms with Crippen molar-refractivity contribution in [2.24, 2.45) is 5.41 Å². The first-order chi connectivity index (χ1) is 16.8. The van der Waals surface area contributed by atoms with Gasteiger partial charge in [-0.2, -0.15) is 4.31 Å². The van der Waals surface area contributed by atoms with Crippen LogP contribution in [0.3, 0.4) is 0 Å². The topological polar surface area (TPSA) is 60.9 Å². The molecule has 0 N–H and O–H groups in total. The highest BCUT2D eigenvalue weighted by molar-refractivity contribution is 7.89. The highest BCUT2D eigenvalue weighted by atomic mass is 35.5. The average molecular weight is 522 g/mol. The number of halogens is 1. The average Bonchev–Trinajstić information content (AvgIpc) is 3.65. The Bertz CT molecular complexity index is 997. The van der Waals surface area contributed by atoms with E-state index in [-0.39, 0.29) is 23.4 Å². The van der Waals surface area contributed by atoms with Crippen molar-refractivity contribution in [3.8, 4) is 0 Å². The predicted molar refractivity (Wildman–Crippen MR) is 139 cm³/mol. The van der Waals surface area contributed by atoms with Crippen LogP contribution >= 0.6 is 11.6 Å². The smallest absolute Gasteiger partial charge is 0.243 e. The SMILES string of the molecule is C[C@@H]1CCC[C@H](C2(CC(=O)N3CCN(C4CCCCC4)CC3)CC2)N1S(=O)(=O)c1ccc(Cl)cc1. The van der Waals surface area contributed by atoms with Crippen LogP contribution in [0.25, 0.3) is 0 Å². The maximum absolute atomic E-state index is 13.7. The highest BCUT2D eigenvalue weighted by Crippen LogP contribution is 2.57. The summed E-state index contributed by atoms with van der Waals surface area (Å²) in [5.41, 5.74) is -0.217. The van der Waals surface area contributed by atoms with Gasteiger partial charge in [0.1, 0.15) is 0 Å². The summed E-state index contributed by atoms with van der Waals surface area (Å²) in [4.78, 5) is 18.4. The molecular weight excluding hydrogens is 482 g/mol. The minimum absolute atomic E-state index is 0.0685. The molecule has 0 radical (unpaired) electrons. The third kappa shape index (κ3) is 5.29. The predicted octanol–water partition coefficient (Wildman–Crippen LogP) is 4.92. The molecule has 2 aliphatic carbocycles. The normalized spacial score (nSPS) is 28.7. The Morgan fingerprint density at radius 1 is 0.943 bits per heavy atom. The molecule has 5 rings (SSSR count). The molecular formula is C27H40ClN3O3S. The van der Waals surface area contributed by atoms with E-state index in [9.17, 15) is 13.2 Å². The van der Waals surface area contributed by atoms with Crippen molar-refractivity contribution in [1.82, 2.24) is 14.1 Å². The molecule has 0 spiro atoms. The summed E-state index contributed by atoms with van der Waals surface area (Å²) in [6.07, 6.45) is 11.7. The number of carbonyl (C=O) groups excluding carboxylic acids is 1. The number of benzene rings is 1. The van der Waals surface area contributed by atoms with Gasteiger partial charge in [0.25, 0.3) is 0 Å². The third-order valence-electron chi connectivity index (χ3n) is 9.09. The van der Waals surface area contributed by atoms with Gasteiger partial charge in [0, 0.05) is 55.7 Å². The molecule has 2 atom stereocenters. The lowest BCUT2D eigenvalue weighted by atomic mass is 9.84. The van der Waals surface area contributed by atoms with Crippen molar-refractivity contribution in [2.75, 3.05) is 26.2 Å². The Balaban J connectivity index is 1.27. The van der Waals surface area contributed by atoms with Gasteiger partial charge in [-0.25, -0.2) is 8.42 Å². The minimum atomic E-state index is -3.66. The van der Waals surface area contributed by atoms with Crippen LogP contribution in [0.2, 0.25) is 5.02 Å². The van der Waals surface area contributed by atoms with Crippen LogP contribution in [-0.2, 0) is 14.8 Å². The summed E-state index contributed by atoms with van der Waals surface area (Å²) >= 11 is 6.02. The van der Waals surface area contributed by atoms with E-state index in [1.807, 2.05) is 11.8 Å². The van der Waals surface area contributed by atoms with E-state index in [2.05, 4.69) is 4.90 Å². The summed E-state index contributed by atoms with van der Waals surface area (Å²) in [6.45, 7) is 5.57. The Hall–Kier alpha value is -1.15. The Labute approximate surface area is 216 Å². The molecule has 1 amide bonds. The van der Waals surface area contributed by atoms with Crippen molar-refractivity contribution in [2.45, 2.75) is 101 Å². The fourth-order valence-corrected chi connectivity index (χ4v) is 8.95. The lowest BCUT2D eigenvalue weighted by molar-refractivity contribution is -0.135. The van der Waals surface area contributed by atoms with Crippen LogP contribution in [0.4, 0.5) is 0 Å². The zero-order valence-corrected chi connectivity index (χ0v) is 22.6. The van der Waals surface area contributed by atoms with E-state index in [1.165, 1.54) is 32.1 Å². The molecule has 2 heterocycles. The summed E-state index contributed by atoms with van der Waals surface area (Å²) < 4.78 is 29.3. The largest absolute Gasteiger partial charge is 0.340 e. The molecule has 2 saturated heterocycles. The molecule has 6 nitrogen and oxygen atoms in total. The third-order valence-corrected chi connectivity index (χ3v) is 11.4. The molecule has 1 aromatic carbocycles. The van der Waals surface area contributed by atoms with E-state index < -0.39 is 10.0 Å². The molecule has 2 saturated carbocycles. The maximum atomic E-state index is 13.7. The second-order valence-electron chi connectivity index (χ2n) is 11.3. The fourth-order valence-electron chi connectivity index (χ4n) is 6.86. The van der Waals surface area contributed by atoms with E-state index >= 15 is 0 Å². The van der Waals surface area contributed by atoms with Gasteiger partial charge < -0.3 is 4.90 Å². The monoisotopic (exact) mass is 521 g/mol. The van der Waals surface area contributed by atoms with Crippen molar-refractivity contribution in [1.29, 1.82) is 0 Å². The van der Waals surface area contributed by atoms with Crippen LogP contribution in [-0.4, -0.2) is 72.7 Å². The Kier molecular flexibility index (Phi) is 7.51. The van der Waals surface area contributed by atoms with Crippen LogP contribution in [0, 0.1) is 5.41 Å². The van der Waals surface area contributed by atoms with Gasteiger partial charge in [0.15, 0.2) is 0 Å². The van der Waals surface area contributed by atoms with Gasteiger partial charge in [-0.1, -0.05) is 37.3 Å². The number of piperazine rings is 1. The zero-order valence-electron chi connectivity index (χ0n) is 21.0. The molecule has 1 aromatic rings. The lowest BCUT2D eigenvalue weighted by Gasteiger charge is -2.44. The van der Waals surface area contributed by atoms with Gasteiger partial charge in [0.2, 0.25) is 15.9 Å². The van der Waals surface area contributed by atoms with Crippen LogP contribution in [0.5, 0.6) is 0 Å². The fraction of sp³-hybridized carbons (Fsp3) is 0.741. The lowest BCUT2D eigenvalue weighted by Crippen LogP contribution is -2.55. The first-order valence-electron chi connectivity index (χ1n) is 13.6. The molecule has 0 aromatic heterocycles. The van der Waals surface area contributed by atoms with Gasteiger partial charge in [0.05, 0.1) is 4.90 Å². The quantitative estimate of drug-likeness (QED) is 0.533. The van der Waals surface area contributed by atoms with Gasteiger partial charge in [-0.15, -0.1) is 0 Å². The molecule has 0 unspecified atom stereocenters. The molecule has 194 valence electrons. The summed E-state index contributed by atoms with van der Waals surface area (Å²) in [5.74, 6) is 0.216. The summed E-state index contributed by atoms with van der Waals surface area (Å²) in [7, 11) is -3.66.